The van der Waals surface area contributed by atoms with Gasteiger partial charge in [-0.25, -0.2) is 0 Å². The Balaban J connectivity index is 1.69. The van der Waals surface area contributed by atoms with Crippen LogP contribution in [0.25, 0.3) is 11.0 Å². The molecule has 1 fully saturated rings. The second-order valence-electron chi connectivity index (χ2n) is 6.39. The molecule has 22 heavy (non-hydrogen) atoms. The molecule has 0 radical (unpaired) electrons. The fourth-order valence-electron chi connectivity index (χ4n) is 3.24. The van der Waals surface area contributed by atoms with Gasteiger partial charge in [0, 0.05) is 24.0 Å². The summed E-state index contributed by atoms with van der Waals surface area (Å²) in [6, 6.07) is 4.12. The van der Waals surface area contributed by atoms with Gasteiger partial charge in [-0.1, -0.05) is 6.07 Å². The smallest absolute Gasteiger partial charge is 0.310 e. The zero-order valence-corrected chi connectivity index (χ0v) is 13.5. The first kappa shape index (κ1) is 15.1. The maximum Gasteiger partial charge on any atom is 0.310 e. The molecular weight excluding hydrogens is 278 g/mol. The van der Waals surface area contributed by atoms with Gasteiger partial charge in [-0.2, -0.15) is 0 Å². The number of hydrogen-bond donors (Lipinski definition) is 0. The summed E-state index contributed by atoms with van der Waals surface area (Å²) in [7, 11) is 2.10. The first-order valence-corrected chi connectivity index (χ1v) is 7.88. The number of esters is 1. The molecule has 0 atom stereocenters. The largest absolute Gasteiger partial charge is 0.464 e. The van der Waals surface area contributed by atoms with E-state index in [2.05, 4.69) is 24.9 Å². The SMILES string of the molecule is Cc1cc(C)c2c(CC(=O)OC3CCN(C)CC3)coc2c1. The average Bonchev–Trinajstić information content (AvgIpc) is 2.84. The van der Waals surface area contributed by atoms with Gasteiger partial charge in [0.15, 0.2) is 0 Å². The van der Waals surface area contributed by atoms with Crippen molar-refractivity contribution in [3.8, 4) is 0 Å². The predicted octanol–water partition coefficient (Wildman–Crippen LogP) is 3.23. The van der Waals surface area contributed by atoms with Crippen LogP contribution in [0.2, 0.25) is 0 Å². The lowest BCUT2D eigenvalue weighted by atomic mass is 10.0. The molecular formula is C18H23NO3. The van der Waals surface area contributed by atoms with Crippen molar-refractivity contribution in [2.45, 2.75) is 39.2 Å². The number of carbonyl (C=O) groups excluding carboxylic acids is 1. The van der Waals surface area contributed by atoms with Crippen molar-refractivity contribution in [1.29, 1.82) is 0 Å². The average molecular weight is 301 g/mol. The molecule has 1 saturated heterocycles. The summed E-state index contributed by atoms with van der Waals surface area (Å²) in [5, 5.41) is 1.05. The fraction of sp³-hybridized carbons (Fsp3) is 0.500. The van der Waals surface area contributed by atoms with Gasteiger partial charge >= 0.3 is 5.97 Å². The van der Waals surface area contributed by atoms with Crippen LogP contribution in [0.3, 0.4) is 0 Å². The molecule has 0 unspecified atom stereocenters. The van der Waals surface area contributed by atoms with Crippen molar-refractivity contribution in [3.63, 3.8) is 0 Å². The van der Waals surface area contributed by atoms with E-state index >= 15 is 0 Å². The lowest BCUT2D eigenvalue weighted by molar-refractivity contribution is -0.150. The van der Waals surface area contributed by atoms with Gasteiger partial charge in [-0.15, -0.1) is 0 Å². The minimum atomic E-state index is -0.155. The first-order valence-electron chi connectivity index (χ1n) is 7.88. The molecule has 0 spiro atoms. The Labute approximate surface area is 131 Å². The highest BCUT2D eigenvalue weighted by molar-refractivity contribution is 5.88. The molecule has 1 aromatic carbocycles. The minimum Gasteiger partial charge on any atom is -0.464 e. The maximum absolute atomic E-state index is 12.2. The van der Waals surface area contributed by atoms with Crippen LogP contribution >= 0.6 is 0 Å². The second-order valence-corrected chi connectivity index (χ2v) is 6.39. The van der Waals surface area contributed by atoms with Crippen LogP contribution in [0.4, 0.5) is 0 Å². The number of fused-ring (bicyclic) bond motifs is 1. The number of piperidine rings is 1. The second kappa shape index (κ2) is 6.13. The van der Waals surface area contributed by atoms with E-state index in [9.17, 15) is 4.79 Å². The number of ether oxygens (including phenoxy) is 1. The first-order chi connectivity index (χ1) is 10.5. The lowest BCUT2D eigenvalue weighted by Crippen LogP contribution is -2.35. The summed E-state index contributed by atoms with van der Waals surface area (Å²) in [5.74, 6) is -0.155. The maximum atomic E-state index is 12.2. The van der Waals surface area contributed by atoms with Gasteiger partial charge in [0.05, 0.1) is 12.7 Å². The molecule has 4 nitrogen and oxygen atoms in total. The van der Waals surface area contributed by atoms with Crippen molar-refractivity contribution >= 4 is 16.9 Å². The van der Waals surface area contributed by atoms with Crippen LogP contribution in [-0.2, 0) is 16.0 Å². The number of nitrogens with zero attached hydrogens (tertiary/aromatic N) is 1. The van der Waals surface area contributed by atoms with E-state index in [1.54, 1.807) is 6.26 Å². The number of furan rings is 1. The van der Waals surface area contributed by atoms with E-state index in [0.29, 0.717) is 0 Å². The van der Waals surface area contributed by atoms with E-state index in [1.165, 1.54) is 5.56 Å². The summed E-state index contributed by atoms with van der Waals surface area (Å²) in [4.78, 5) is 14.5. The van der Waals surface area contributed by atoms with E-state index < -0.39 is 0 Å². The van der Waals surface area contributed by atoms with E-state index in [-0.39, 0.29) is 18.5 Å². The number of aryl methyl sites for hydroxylation is 2. The summed E-state index contributed by atoms with van der Waals surface area (Å²) in [6.07, 6.45) is 3.88. The zero-order chi connectivity index (χ0) is 15.7. The monoisotopic (exact) mass is 301 g/mol. The predicted molar refractivity (Wildman–Crippen MR) is 86.0 cm³/mol. The Morgan fingerprint density at radius 1 is 1.32 bits per heavy atom. The van der Waals surface area contributed by atoms with Gasteiger partial charge < -0.3 is 14.1 Å². The van der Waals surface area contributed by atoms with Crippen molar-refractivity contribution in [1.82, 2.24) is 4.90 Å². The molecule has 1 aliphatic rings. The van der Waals surface area contributed by atoms with Crippen LogP contribution in [0.1, 0.15) is 29.5 Å². The Morgan fingerprint density at radius 2 is 2.05 bits per heavy atom. The Hall–Kier alpha value is -1.81. The van der Waals surface area contributed by atoms with Crippen molar-refractivity contribution in [2.75, 3.05) is 20.1 Å². The molecule has 3 rings (SSSR count). The van der Waals surface area contributed by atoms with E-state index in [1.807, 2.05) is 13.0 Å². The van der Waals surface area contributed by atoms with Gasteiger partial charge in [0.1, 0.15) is 11.7 Å². The molecule has 0 saturated carbocycles. The van der Waals surface area contributed by atoms with Gasteiger partial charge in [-0.3, -0.25) is 4.79 Å². The highest BCUT2D eigenvalue weighted by Gasteiger charge is 2.21. The van der Waals surface area contributed by atoms with Crippen LogP contribution in [-0.4, -0.2) is 37.1 Å². The zero-order valence-electron chi connectivity index (χ0n) is 13.5. The quantitative estimate of drug-likeness (QED) is 0.816. The molecule has 0 bridgehead atoms. The third-order valence-corrected chi connectivity index (χ3v) is 4.39. The van der Waals surface area contributed by atoms with Gasteiger partial charge in [0.25, 0.3) is 0 Å². The molecule has 1 aromatic heterocycles. The molecule has 0 aliphatic carbocycles. The summed E-state index contributed by atoms with van der Waals surface area (Å²) in [5.41, 5.74) is 4.08. The van der Waals surface area contributed by atoms with Gasteiger partial charge in [0.2, 0.25) is 0 Å². The number of hydrogen-bond acceptors (Lipinski definition) is 4. The van der Waals surface area contributed by atoms with Crippen LogP contribution < -0.4 is 0 Å². The minimum absolute atomic E-state index is 0.0604. The molecule has 4 heteroatoms. The molecule has 2 aromatic rings. The van der Waals surface area contributed by atoms with Gasteiger partial charge in [-0.05, 0) is 50.9 Å². The number of likely N-dealkylation sites (tertiary alicyclic amines) is 1. The third-order valence-electron chi connectivity index (χ3n) is 4.39. The van der Waals surface area contributed by atoms with Crippen LogP contribution in [0, 0.1) is 13.8 Å². The van der Waals surface area contributed by atoms with E-state index in [0.717, 1.165) is 48.0 Å². The molecule has 0 N–H and O–H groups in total. The molecule has 118 valence electrons. The van der Waals surface area contributed by atoms with Crippen molar-refractivity contribution < 1.29 is 13.9 Å². The number of benzene rings is 1. The fourth-order valence-corrected chi connectivity index (χ4v) is 3.24. The Kier molecular flexibility index (Phi) is 4.21. The summed E-state index contributed by atoms with van der Waals surface area (Å²) < 4.78 is 11.2. The van der Waals surface area contributed by atoms with Crippen molar-refractivity contribution in [3.05, 3.63) is 35.1 Å². The van der Waals surface area contributed by atoms with Crippen LogP contribution in [0.15, 0.2) is 22.8 Å². The third kappa shape index (κ3) is 3.17. The Bertz CT molecular complexity index is 681. The number of rotatable bonds is 3. The summed E-state index contributed by atoms with van der Waals surface area (Å²) >= 11 is 0. The van der Waals surface area contributed by atoms with Crippen molar-refractivity contribution in [2.24, 2.45) is 0 Å². The Morgan fingerprint density at radius 3 is 2.77 bits per heavy atom. The van der Waals surface area contributed by atoms with E-state index in [4.69, 9.17) is 9.15 Å². The molecule has 2 heterocycles. The lowest BCUT2D eigenvalue weighted by Gasteiger charge is -2.28. The molecule has 1 aliphatic heterocycles. The summed E-state index contributed by atoms with van der Waals surface area (Å²) in [6.45, 7) is 6.08. The number of carbonyl (C=O) groups is 1. The molecule has 0 amide bonds. The van der Waals surface area contributed by atoms with Crippen LogP contribution in [0.5, 0.6) is 0 Å². The standard InChI is InChI=1S/C18H23NO3/c1-12-8-13(2)18-14(11-21-16(18)9-12)10-17(20)22-15-4-6-19(3)7-5-15/h8-9,11,15H,4-7,10H2,1-3H3. The highest BCUT2D eigenvalue weighted by Crippen LogP contribution is 2.27. The topological polar surface area (TPSA) is 42.7 Å². The normalized spacial score (nSPS) is 17.0. The highest BCUT2D eigenvalue weighted by atomic mass is 16.5.